The molecule has 2 amide bonds. The van der Waals surface area contributed by atoms with Gasteiger partial charge in [0.2, 0.25) is 11.8 Å². The number of hydrogen-bond donors (Lipinski definition) is 1. The molecule has 0 spiro atoms. The van der Waals surface area contributed by atoms with Gasteiger partial charge in [0.05, 0.1) is 12.0 Å². The molecule has 8 heteroatoms. The first kappa shape index (κ1) is 19.0. The quantitative estimate of drug-likeness (QED) is 0.746. The van der Waals surface area contributed by atoms with Crippen molar-refractivity contribution in [2.75, 3.05) is 33.7 Å². The van der Waals surface area contributed by atoms with Gasteiger partial charge in [0, 0.05) is 44.1 Å². The van der Waals surface area contributed by atoms with E-state index in [1.165, 1.54) is 5.56 Å². The molecule has 1 saturated heterocycles. The third-order valence-electron chi connectivity index (χ3n) is 4.49. The van der Waals surface area contributed by atoms with Gasteiger partial charge in [-0.2, -0.15) is 11.3 Å². The van der Waals surface area contributed by atoms with Crippen molar-refractivity contribution in [3.05, 3.63) is 39.0 Å². The lowest BCUT2D eigenvalue weighted by molar-refractivity contribution is -0.129. The molecule has 0 saturated carbocycles. The molecule has 2 atom stereocenters. The highest BCUT2D eigenvalue weighted by atomic mass is 32.1. The number of nitrogens with zero attached hydrogens (tertiary/aromatic N) is 3. The van der Waals surface area contributed by atoms with E-state index < -0.39 is 0 Å². The van der Waals surface area contributed by atoms with Gasteiger partial charge in [-0.05, 0) is 36.5 Å². The summed E-state index contributed by atoms with van der Waals surface area (Å²) >= 11 is 3.19. The van der Waals surface area contributed by atoms with Crippen LogP contribution in [0, 0.1) is 5.92 Å². The molecule has 2 unspecified atom stereocenters. The second-order valence-corrected chi connectivity index (χ2v) is 8.52. The fourth-order valence-electron chi connectivity index (χ4n) is 3.03. The molecule has 2 aromatic rings. The average molecular weight is 393 g/mol. The first-order valence-electron chi connectivity index (χ1n) is 8.66. The lowest BCUT2D eigenvalue weighted by Crippen LogP contribution is -2.37. The van der Waals surface area contributed by atoms with Crippen molar-refractivity contribution in [3.8, 4) is 0 Å². The summed E-state index contributed by atoms with van der Waals surface area (Å²) in [5.74, 6) is -0.272. The summed E-state index contributed by atoms with van der Waals surface area (Å²) in [6, 6.07) is 1.92. The molecule has 1 N–H and O–H groups in total. The van der Waals surface area contributed by atoms with E-state index in [-0.39, 0.29) is 23.8 Å². The molecule has 3 rings (SSSR count). The molecule has 2 aromatic heterocycles. The number of carbonyl (C=O) groups excluding carboxylic acids is 2. The van der Waals surface area contributed by atoms with Crippen LogP contribution in [-0.2, 0) is 16.0 Å². The molecule has 1 aliphatic rings. The van der Waals surface area contributed by atoms with Crippen molar-refractivity contribution in [2.45, 2.75) is 18.9 Å². The fourth-order valence-corrected chi connectivity index (χ4v) is 4.40. The van der Waals surface area contributed by atoms with E-state index >= 15 is 0 Å². The van der Waals surface area contributed by atoms with Crippen molar-refractivity contribution in [3.63, 3.8) is 0 Å². The third kappa shape index (κ3) is 4.90. The number of thiophene rings is 1. The van der Waals surface area contributed by atoms with E-state index in [4.69, 9.17) is 0 Å². The summed E-state index contributed by atoms with van der Waals surface area (Å²) in [5.41, 5.74) is 1.19. The molecule has 140 valence electrons. The van der Waals surface area contributed by atoms with Crippen LogP contribution in [0.2, 0.25) is 0 Å². The zero-order valence-electron chi connectivity index (χ0n) is 15.1. The minimum Gasteiger partial charge on any atom is -0.346 e. The maximum absolute atomic E-state index is 12.8. The minimum atomic E-state index is -0.283. The third-order valence-corrected chi connectivity index (χ3v) is 6.11. The van der Waals surface area contributed by atoms with Gasteiger partial charge in [0.15, 0.2) is 0 Å². The first-order chi connectivity index (χ1) is 12.5. The molecule has 1 aliphatic heterocycles. The lowest BCUT2D eigenvalue weighted by atomic mass is 10.1. The van der Waals surface area contributed by atoms with Gasteiger partial charge in [-0.1, -0.05) is 0 Å². The highest BCUT2D eigenvalue weighted by Crippen LogP contribution is 2.24. The number of amides is 2. The average Bonchev–Trinajstić information content (AvgIpc) is 3.34. The predicted octanol–water partition coefficient (Wildman–Crippen LogP) is 2.01. The molecule has 0 bridgehead atoms. The predicted molar refractivity (Wildman–Crippen MR) is 104 cm³/mol. The molecule has 1 fully saturated rings. The van der Waals surface area contributed by atoms with Crippen LogP contribution in [0.25, 0.3) is 0 Å². The van der Waals surface area contributed by atoms with Crippen LogP contribution in [0.1, 0.15) is 23.0 Å². The van der Waals surface area contributed by atoms with Crippen molar-refractivity contribution in [1.29, 1.82) is 0 Å². The molecule has 26 heavy (non-hydrogen) atoms. The second-order valence-electron chi connectivity index (χ2n) is 6.81. The van der Waals surface area contributed by atoms with Crippen molar-refractivity contribution < 1.29 is 9.59 Å². The van der Waals surface area contributed by atoms with E-state index in [1.807, 2.05) is 29.8 Å². The van der Waals surface area contributed by atoms with Gasteiger partial charge in [-0.25, -0.2) is 4.98 Å². The fraction of sp³-hybridized carbons (Fsp3) is 0.500. The number of hydrogen-bond acceptors (Lipinski definition) is 6. The molecular formula is C18H24N4O2S2. The van der Waals surface area contributed by atoms with Crippen LogP contribution in [0.3, 0.4) is 0 Å². The van der Waals surface area contributed by atoms with Gasteiger partial charge in [-0.15, -0.1) is 11.3 Å². The zero-order chi connectivity index (χ0) is 18.5. The second kappa shape index (κ2) is 8.75. The first-order valence-corrected chi connectivity index (χ1v) is 10.5. The van der Waals surface area contributed by atoms with Crippen molar-refractivity contribution >= 4 is 34.5 Å². The van der Waals surface area contributed by atoms with Crippen LogP contribution in [0.4, 0.5) is 0 Å². The molecule has 0 aromatic carbocycles. The Bertz CT molecular complexity index is 716. The minimum absolute atomic E-state index is 0.0545. The van der Waals surface area contributed by atoms with Crippen LogP contribution >= 0.6 is 22.7 Å². The van der Waals surface area contributed by atoms with E-state index in [0.29, 0.717) is 25.9 Å². The van der Waals surface area contributed by atoms with Crippen molar-refractivity contribution in [1.82, 2.24) is 20.1 Å². The normalized spacial score (nSPS) is 18.5. The maximum Gasteiger partial charge on any atom is 0.225 e. The lowest BCUT2D eigenvalue weighted by Gasteiger charge is -2.20. The van der Waals surface area contributed by atoms with E-state index in [1.54, 1.807) is 33.8 Å². The summed E-state index contributed by atoms with van der Waals surface area (Å²) < 4.78 is 0. The van der Waals surface area contributed by atoms with Gasteiger partial charge >= 0.3 is 0 Å². The largest absolute Gasteiger partial charge is 0.346 e. The standard InChI is InChI=1S/C18H24N4O2S2/c1-21(2)5-6-22-11-14(10-16(22)23)17(24)20-15(18-19-4-8-26-18)9-13-3-7-25-12-13/h3-4,7-8,12,14-15H,5-6,9-11H2,1-2H3,(H,20,24). The number of aromatic nitrogens is 1. The Hall–Kier alpha value is -1.77. The van der Waals surface area contributed by atoms with Gasteiger partial charge in [0.25, 0.3) is 0 Å². The van der Waals surface area contributed by atoms with Crippen LogP contribution in [0.5, 0.6) is 0 Å². The Balaban J connectivity index is 1.62. The van der Waals surface area contributed by atoms with E-state index in [0.717, 1.165) is 11.6 Å². The molecular weight excluding hydrogens is 368 g/mol. The molecule has 0 radical (unpaired) electrons. The van der Waals surface area contributed by atoms with Gasteiger partial charge in [0.1, 0.15) is 5.01 Å². The number of nitrogens with one attached hydrogen (secondary N) is 1. The number of likely N-dealkylation sites (N-methyl/N-ethyl adjacent to an activating group) is 1. The summed E-state index contributed by atoms with van der Waals surface area (Å²) in [6.45, 7) is 1.97. The monoisotopic (exact) mass is 392 g/mol. The topological polar surface area (TPSA) is 65.5 Å². The summed E-state index contributed by atoms with van der Waals surface area (Å²) in [6.07, 6.45) is 2.77. The summed E-state index contributed by atoms with van der Waals surface area (Å²) in [7, 11) is 3.96. The van der Waals surface area contributed by atoms with Gasteiger partial charge in [-0.3, -0.25) is 9.59 Å². The van der Waals surface area contributed by atoms with E-state index in [9.17, 15) is 9.59 Å². The zero-order valence-corrected chi connectivity index (χ0v) is 16.7. The number of thiazole rings is 1. The SMILES string of the molecule is CN(C)CCN1CC(C(=O)NC(Cc2ccsc2)c2nccs2)CC1=O. The Labute approximate surface area is 161 Å². The molecule has 6 nitrogen and oxygen atoms in total. The summed E-state index contributed by atoms with van der Waals surface area (Å²) in [4.78, 5) is 33.2. The Morgan fingerprint density at radius 1 is 1.46 bits per heavy atom. The number of rotatable bonds is 8. The summed E-state index contributed by atoms with van der Waals surface area (Å²) in [5, 5.41) is 10.1. The Morgan fingerprint density at radius 2 is 2.31 bits per heavy atom. The number of likely N-dealkylation sites (tertiary alicyclic amines) is 1. The van der Waals surface area contributed by atoms with E-state index in [2.05, 4.69) is 21.7 Å². The number of carbonyl (C=O) groups is 2. The van der Waals surface area contributed by atoms with Crippen LogP contribution in [0.15, 0.2) is 28.4 Å². The maximum atomic E-state index is 12.8. The van der Waals surface area contributed by atoms with Gasteiger partial charge < -0.3 is 15.1 Å². The molecule has 0 aliphatic carbocycles. The smallest absolute Gasteiger partial charge is 0.225 e. The highest BCUT2D eigenvalue weighted by Gasteiger charge is 2.35. The van der Waals surface area contributed by atoms with Crippen LogP contribution in [-0.4, -0.2) is 60.3 Å². The van der Waals surface area contributed by atoms with Crippen LogP contribution < -0.4 is 5.32 Å². The Kier molecular flexibility index (Phi) is 6.39. The Morgan fingerprint density at radius 3 is 2.96 bits per heavy atom. The highest BCUT2D eigenvalue weighted by molar-refractivity contribution is 7.09. The van der Waals surface area contributed by atoms with Crippen molar-refractivity contribution in [2.24, 2.45) is 5.92 Å². The molecule has 3 heterocycles.